The molecule has 2 rings (SSSR count). The highest BCUT2D eigenvalue weighted by atomic mass is 16.3. The van der Waals surface area contributed by atoms with Crippen molar-refractivity contribution in [3.8, 4) is 0 Å². The lowest BCUT2D eigenvalue weighted by Crippen LogP contribution is -1.99. The van der Waals surface area contributed by atoms with Crippen molar-refractivity contribution in [1.29, 1.82) is 0 Å². The molecular weight excluding hydrogens is 210 g/mol. The average molecular weight is 225 g/mol. The van der Waals surface area contributed by atoms with Crippen LogP contribution in [0.3, 0.4) is 0 Å². The lowest BCUT2D eigenvalue weighted by Gasteiger charge is -2.13. The summed E-state index contributed by atoms with van der Waals surface area (Å²) in [4.78, 5) is 0. The highest BCUT2D eigenvalue weighted by Gasteiger charge is 2.11. The maximum atomic E-state index is 10.0. The molecule has 0 fully saturated rings. The highest BCUT2D eigenvalue weighted by molar-refractivity contribution is 5.86. The molecule has 3 N–H and O–H groups in total. The van der Waals surface area contributed by atoms with E-state index in [2.05, 4.69) is 0 Å². The molecule has 0 saturated carbocycles. The van der Waals surface area contributed by atoms with Crippen molar-refractivity contribution < 1.29 is 5.11 Å². The second-order valence-corrected chi connectivity index (χ2v) is 3.94. The average Bonchev–Trinajstić information content (AvgIpc) is 2.27. The van der Waals surface area contributed by atoms with Gasteiger partial charge >= 0.3 is 0 Å². The molecule has 17 heavy (non-hydrogen) atoms. The molecule has 1 aromatic rings. The number of allylic oxidation sites excluding steroid dienone is 7. The smallest absolute Gasteiger partial charge is 0.123 e. The third kappa shape index (κ3) is 2.31. The van der Waals surface area contributed by atoms with E-state index in [9.17, 15) is 5.11 Å². The molecule has 2 heteroatoms. The maximum Gasteiger partial charge on any atom is 0.123 e. The van der Waals surface area contributed by atoms with Crippen molar-refractivity contribution in [3.05, 3.63) is 71.5 Å². The zero-order valence-corrected chi connectivity index (χ0v) is 9.72. The zero-order valence-electron chi connectivity index (χ0n) is 9.72. The molecular formula is C15H15NO. The van der Waals surface area contributed by atoms with E-state index in [0.29, 0.717) is 5.69 Å². The van der Waals surface area contributed by atoms with Crippen molar-refractivity contribution in [2.45, 2.75) is 6.92 Å². The summed E-state index contributed by atoms with van der Waals surface area (Å²) in [6, 6.07) is 5.74. The molecule has 0 spiro atoms. The van der Waals surface area contributed by atoms with Crippen molar-refractivity contribution >= 4 is 11.3 Å². The van der Waals surface area contributed by atoms with Crippen LogP contribution in [0.5, 0.6) is 0 Å². The van der Waals surface area contributed by atoms with Gasteiger partial charge in [0.2, 0.25) is 0 Å². The van der Waals surface area contributed by atoms with E-state index >= 15 is 0 Å². The fourth-order valence-electron chi connectivity index (χ4n) is 1.87. The molecule has 0 heterocycles. The highest BCUT2D eigenvalue weighted by Crippen LogP contribution is 2.30. The number of rotatable bonds is 1. The summed E-state index contributed by atoms with van der Waals surface area (Å²) in [5.74, 6) is 0.228. The van der Waals surface area contributed by atoms with Gasteiger partial charge in [-0.3, -0.25) is 0 Å². The van der Waals surface area contributed by atoms with E-state index in [1.807, 2.05) is 49.4 Å². The lowest BCUT2D eigenvalue weighted by molar-refractivity contribution is 0.438. The third-order valence-corrected chi connectivity index (χ3v) is 2.70. The van der Waals surface area contributed by atoms with Crippen molar-refractivity contribution in [3.63, 3.8) is 0 Å². The molecule has 0 bridgehead atoms. The molecule has 0 unspecified atom stereocenters. The molecule has 0 radical (unpaired) electrons. The Hall–Kier alpha value is -2.22. The van der Waals surface area contributed by atoms with Crippen LogP contribution in [0.25, 0.3) is 5.57 Å². The minimum atomic E-state index is 0.228. The molecule has 0 aromatic heterocycles. The van der Waals surface area contributed by atoms with Crippen LogP contribution in [0.1, 0.15) is 11.1 Å². The van der Waals surface area contributed by atoms with Gasteiger partial charge in [0.25, 0.3) is 0 Å². The fraction of sp³-hybridized carbons (Fsp3) is 0.0667. The van der Waals surface area contributed by atoms with Crippen LogP contribution in [0.4, 0.5) is 5.69 Å². The van der Waals surface area contributed by atoms with Crippen LogP contribution in [0.15, 0.2) is 60.4 Å². The topological polar surface area (TPSA) is 46.2 Å². The van der Waals surface area contributed by atoms with Crippen LogP contribution >= 0.6 is 0 Å². The molecule has 0 amide bonds. The van der Waals surface area contributed by atoms with E-state index in [4.69, 9.17) is 5.73 Å². The number of anilines is 1. The van der Waals surface area contributed by atoms with Crippen LogP contribution in [-0.4, -0.2) is 5.11 Å². The fourth-order valence-corrected chi connectivity index (χ4v) is 1.87. The number of hydrogen-bond donors (Lipinski definition) is 2. The second kappa shape index (κ2) is 4.74. The number of aliphatic hydroxyl groups is 1. The molecule has 2 nitrogen and oxygen atoms in total. The van der Waals surface area contributed by atoms with E-state index in [1.54, 1.807) is 12.2 Å². The van der Waals surface area contributed by atoms with Crippen LogP contribution < -0.4 is 5.73 Å². The van der Waals surface area contributed by atoms with Gasteiger partial charge in [0, 0.05) is 16.8 Å². The van der Waals surface area contributed by atoms with Gasteiger partial charge in [-0.2, -0.15) is 0 Å². The predicted molar refractivity (Wildman–Crippen MR) is 72.6 cm³/mol. The number of benzene rings is 1. The number of nitrogen functional groups attached to an aromatic ring is 1. The number of aryl methyl sites for hydroxylation is 1. The molecule has 1 aromatic carbocycles. The van der Waals surface area contributed by atoms with Crippen LogP contribution in [-0.2, 0) is 0 Å². The van der Waals surface area contributed by atoms with Gasteiger partial charge in [-0.1, -0.05) is 42.5 Å². The van der Waals surface area contributed by atoms with Gasteiger partial charge < -0.3 is 10.8 Å². The van der Waals surface area contributed by atoms with Gasteiger partial charge in [0.05, 0.1) is 0 Å². The minimum absolute atomic E-state index is 0.228. The van der Waals surface area contributed by atoms with Crippen LogP contribution in [0, 0.1) is 6.92 Å². The Labute approximate surface area is 101 Å². The predicted octanol–water partition coefficient (Wildman–Crippen LogP) is 3.53. The number of hydrogen-bond acceptors (Lipinski definition) is 2. The van der Waals surface area contributed by atoms with Gasteiger partial charge in [0.15, 0.2) is 0 Å². The first kappa shape index (κ1) is 11.3. The zero-order chi connectivity index (χ0) is 12.3. The van der Waals surface area contributed by atoms with Gasteiger partial charge in [-0.15, -0.1) is 0 Å². The summed E-state index contributed by atoms with van der Waals surface area (Å²) in [5.41, 5.74) is 9.35. The van der Waals surface area contributed by atoms with E-state index in [-0.39, 0.29) is 5.76 Å². The maximum absolute atomic E-state index is 10.0. The summed E-state index contributed by atoms with van der Waals surface area (Å²) < 4.78 is 0. The molecule has 0 saturated heterocycles. The monoisotopic (exact) mass is 225 g/mol. The summed E-state index contributed by atoms with van der Waals surface area (Å²) in [5, 5.41) is 10.0. The summed E-state index contributed by atoms with van der Waals surface area (Å²) in [7, 11) is 0. The Morgan fingerprint density at radius 1 is 1.00 bits per heavy atom. The number of nitrogens with two attached hydrogens (primary N) is 1. The Balaban J connectivity index is 2.59. The minimum Gasteiger partial charge on any atom is -0.507 e. The molecule has 0 atom stereocenters. The molecule has 86 valence electrons. The third-order valence-electron chi connectivity index (χ3n) is 2.70. The molecule has 1 aliphatic rings. The Bertz CT molecular complexity index is 528. The normalized spacial score (nSPS) is 21.7. The lowest BCUT2D eigenvalue weighted by atomic mass is 9.96. The van der Waals surface area contributed by atoms with Gasteiger partial charge in [-0.05, 0) is 24.6 Å². The van der Waals surface area contributed by atoms with Crippen LogP contribution in [0.2, 0.25) is 0 Å². The standard InChI is InChI=1S/C15H15NO/c1-11-7-6-9-13(16)15(11)12-8-4-2-3-5-10-14(12)17/h2-10,17H,16H2,1H3/b3-2?,4-2+,5-3-,8-4?,10-5?,12-8+,14-10?,14-12?. The van der Waals surface area contributed by atoms with Crippen molar-refractivity contribution in [2.24, 2.45) is 0 Å². The SMILES string of the molecule is Cc1cccc(N)c1/C1=C/C=C/C=C\C=C1O. The first-order valence-electron chi connectivity index (χ1n) is 5.50. The molecule has 0 aliphatic heterocycles. The van der Waals surface area contributed by atoms with E-state index in [0.717, 1.165) is 16.7 Å². The largest absolute Gasteiger partial charge is 0.507 e. The first-order chi connectivity index (χ1) is 8.20. The summed E-state index contributed by atoms with van der Waals surface area (Å²) in [6.45, 7) is 1.98. The summed E-state index contributed by atoms with van der Waals surface area (Å²) >= 11 is 0. The van der Waals surface area contributed by atoms with Gasteiger partial charge in [0.1, 0.15) is 5.76 Å². The van der Waals surface area contributed by atoms with E-state index in [1.165, 1.54) is 0 Å². The Morgan fingerprint density at radius 2 is 1.71 bits per heavy atom. The first-order valence-corrected chi connectivity index (χ1v) is 5.50. The second-order valence-electron chi connectivity index (χ2n) is 3.94. The van der Waals surface area contributed by atoms with Gasteiger partial charge in [-0.25, -0.2) is 0 Å². The van der Waals surface area contributed by atoms with Crippen molar-refractivity contribution in [1.82, 2.24) is 0 Å². The quantitative estimate of drug-likeness (QED) is 0.718. The molecule has 1 aliphatic carbocycles. The Morgan fingerprint density at radius 3 is 2.41 bits per heavy atom. The van der Waals surface area contributed by atoms with E-state index < -0.39 is 0 Å². The Kier molecular flexibility index (Phi) is 3.15. The summed E-state index contributed by atoms with van der Waals surface area (Å²) in [6.07, 6.45) is 11.0. The number of aliphatic hydroxyl groups excluding tert-OH is 1. The van der Waals surface area contributed by atoms with Crippen molar-refractivity contribution in [2.75, 3.05) is 5.73 Å².